The average Bonchev–Trinajstić information content (AvgIpc) is 2.77. The molecule has 0 aromatic carbocycles. The third-order valence-corrected chi connectivity index (χ3v) is 3.05. The Kier molecular flexibility index (Phi) is 2.84. The topological polar surface area (TPSA) is 58.7 Å². The summed E-state index contributed by atoms with van der Waals surface area (Å²) in [4.78, 5) is 16.0. The molecule has 2 heterocycles. The van der Waals surface area contributed by atoms with Crippen LogP contribution in [0.1, 0.15) is 16.3 Å². The maximum Gasteiger partial charge on any atom is 0.269 e. The Hall–Kier alpha value is -1.93. The largest absolute Gasteiger partial charge is 0.305 e. The van der Waals surface area contributed by atoms with E-state index >= 15 is 0 Å². The molecule has 0 radical (unpaired) electrons. The Morgan fingerprint density at radius 1 is 1.56 bits per heavy atom. The molecule has 4 nitrogen and oxygen atoms in total. The van der Waals surface area contributed by atoms with Crippen LogP contribution in [0.15, 0.2) is 28.5 Å². The van der Waals surface area contributed by atoms with Gasteiger partial charge < -0.3 is 4.57 Å². The first-order valence-electron chi connectivity index (χ1n) is 4.71. The molecule has 2 aromatic heterocycles. The van der Waals surface area contributed by atoms with Gasteiger partial charge in [0.15, 0.2) is 0 Å². The summed E-state index contributed by atoms with van der Waals surface area (Å²) in [5.41, 5.74) is 0.749. The van der Waals surface area contributed by atoms with E-state index in [-0.39, 0.29) is 11.1 Å². The van der Waals surface area contributed by atoms with E-state index in [0.29, 0.717) is 6.54 Å². The molecule has 0 saturated carbocycles. The van der Waals surface area contributed by atoms with Gasteiger partial charge in [0.05, 0.1) is 6.54 Å². The number of aromatic nitrogens is 2. The lowest BCUT2D eigenvalue weighted by atomic mass is 10.2. The molecule has 80 valence electrons. The van der Waals surface area contributed by atoms with Gasteiger partial charge in [0, 0.05) is 17.3 Å². The van der Waals surface area contributed by atoms with Crippen molar-refractivity contribution in [1.29, 1.82) is 5.26 Å². The third-order valence-electron chi connectivity index (χ3n) is 2.29. The molecule has 0 spiro atoms. The Labute approximate surface area is 96.4 Å². The zero-order valence-electron chi connectivity index (χ0n) is 8.67. The number of pyridine rings is 1. The summed E-state index contributed by atoms with van der Waals surface area (Å²) in [6, 6.07) is 5.22. The van der Waals surface area contributed by atoms with Crippen LogP contribution < -0.4 is 5.56 Å². The highest BCUT2D eigenvalue weighted by Crippen LogP contribution is 2.07. The predicted octanol–water partition coefficient (Wildman–Crippen LogP) is 1.53. The van der Waals surface area contributed by atoms with Crippen molar-refractivity contribution < 1.29 is 0 Å². The van der Waals surface area contributed by atoms with E-state index < -0.39 is 0 Å². The van der Waals surface area contributed by atoms with Gasteiger partial charge in [-0.1, -0.05) is 0 Å². The number of hydrogen-bond donors (Lipinski definition) is 0. The SMILES string of the molecule is Cc1ccc(C#N)c(=O)n1Cc1nccs1. The number of nitriles is 1. The number of thiazole rings is 1. The summed E-state index contributed by atoms with van der Waals surface area (Å²) < 4.78 is 1.57. The van der Waals surface area contributed by atoms with Crippen molar-refractivity contribution >= 4 is 11.3 Å². The van der Waals surface area contributed by atoms with Crippen LogP contribution in [0.2, 0.25) is 0 Å². The number of aryl methyl sites for hydroxylation is 1. The third kappa shape index (κ3) is 1.88. The van der Waals surface area contributed by atoms with Crippen LogP contribution in [0.3, 0.4) is 0 Å². The first-order valence-corrected chi connectivity index (χ1v) is 5.59. The van der Waals surface area contributed by atoms with Gasteiger partial charge in [-0.25, -0.2) is 4.98 Å². The van der Waals surface area contributed by atoms with Crippen LogP contribution in [0.25, 0.3) is 0 Å². The fourth-order valence-corrected chi connectivity index (χ4v) is 2.02. The van der Waals surface area contributed by atoms with Gasteiger partial charge in [-0.05, 0) is 19.1 Å². The van der Waals surface area contributed by atoms with Crippen LogP contribution in [0, 0.1) is 18.3 Å². The van der Waals surface area contributed by atoms with E-state index in [4.69, 9.17) is 5.26 Å². The quantitative estimate of drug-likeness (QED) is 0.787. The minimum absolute atomic E-state index is 0.169. The van der Waals surface area contributed by atoms with Crippen molar-refractivity contribution in [1.82, 2.24) is 9.55 Å². The molecule has 0 aliphatic heterocycles. The van der Waals surface area contributed by atoms with Gasteiger partial charge in [0.2, 0.25) is 0 Å². The maximum atomic E-state index is 11.9. The van der Waals surface area contributed by atoms with E-state index in [0.717, 1.165) is 10.7 Å². The lowest BCUT2D eigenvalue weighted by molar-refractivity contribution is 0.723. The number of hydrogen-bond acceptors (Lipinski definition) is 4. The van der Waals surface area contributed by atoms with Gasteiger partial charge in [-0.15, -0.1) is 11.3 Å². The number of nitrogens with zero attached hydrogens (tertiary/aromatic N) is 3. The Balaban J connectivity index is 2.49. The van der Waals surface area contributed by atoms with Crippen molar-refractivity contribution in [3.8, 4) is 6.07 Å². The Morgan fingerprint density at radius 3 is 3.00 bits per heavy atom. The van der Waals surface area contributed by atoms with Gasteiger partial charge in [0.25, 0.3) is 5.56 Å². The average molecular weight is 231 g/mol. The lowest BCUT2D eigenvalue weighted by Gasteiger charge is -2.07. The van der Waals surface area contributed by atoms with Crippen LogP contribution >= 0.6 is 11.3 Å². The second kappa shape index (κ2) is 4.29. The van der Waals surface area contributed by atoms with Crippen molar-refractivity contribution in [3.05, 3.63) is 50.3 Å². The molecule has 0 bridgehead atoms. The molecule has 0 N–H and O–H groups in total. The van der Waals surface area contributed by atoms with Crippen LogP contribution in [0.4, 0.5) is 0 Å². The molecule has 0 aliphatic carbocycles. The lowest BCUT2D eigenvalue weighted by Crippen LogP contribution is -2.24. The molecule has 5 heteroatoms. The molecule has 2 rings (SSSR count). The fraction of sp³-hybridized carbons (Fsp3) is 0.182. The minimum atomic E-state index is -0.252. The number of rotatable bonds is 2. The molecule has 2 aromatic rings. The van der Waals surface area contributed by atoms with Crippen molar-refractivity contribution in [3.63, 3.8) is 0 Å². The zero-order valence-corrected chi connectivity index (χ0v) is 9.49. The fourth-order valence-electron chi connectivity index (χ4n) is 1.42. The molecule has 16 heavy (non-hydrogen) atoms. The van der Waals surface area contributed by atoms with Crippen molar-refractivity contribution in [2.75, 3.05) is 0 Å². The van der Waals surface area contributed by atoms with E-state index in [9.17, 15) is 4.79 Å². The summed E-state index contributed by atoms with van der Waals surface area (Å²) in [7, 11) is 0. The summed E-state index contributed by atoms with van der Waals surface area (Å²) in [6.45, 7) is 2.27. The zero-order chi connectivity index (χ0) is 11.5. The molecule has 0 aliphatic rings. The van der Waals surface area contributed by atoms with Crippen molar-refractivity contribution in [2.24, 2.45) is 0 Å². The summed E-state index contributed by atoms with van der Waals surface area (Å²) in [5, 5.41) is 11.5. The second-order valence-corrected chi connectivity index (χ2v) is 4.30. The van der Waals surface area contributed by atoms with Gasteiger partial charge in [-0.2, -0.15) is 5.26 Å². The highest BCUT2D eigenvalue weighted by molar-refractivity contribution is 7.09. The molecule has 0 unspecified atom stereocenters. The molecular formula is C11H9N3OS. The molecular weight excluding hydrogens is 222 g/mol. The first-order chi connectivity index (χ1) is 7.72. The Morgan fingerprint density at radius 2 is 2.38 bits per heavy atom. The van der Waals surface area contributed by atoms with E-state index in [2.05, 4.69) is 4.98 Å². The summed E-state index contributed by atoms with van der Waals surface area (Å²) in [5.74, 6) is 0. The molecule has 0 amide bonds. The second-order valence-electron chi connectivity index (χ2n) is 3.32. The summed E-state index contributed by atoms with van der Waals surface area (Å²) >= 11 is 1.49. The van der Waals surface area contributed by atoms with E-state index in [1.54, 1.807) is 22.9 Å². The Bertz CT molecular complexity index is 593. The van der Waals surface area contributed by atoms with E-state index in [1.807, 2.05) is 18.4 Å². The van der Waals surface area contributed by atoms with Crippen LogP contribution in [-0.4, -0.2) is 9.55 Å². The van der Waals surface area contributed by atoms with E-state index in [1.165, 1.54) is 11.3 Å². The smallest absolute Gasteiger partial charge is 0.269 e. The summed E-state index contributed by atoms with van der Waals surface area (Å²) in [6.07, 6.45) is 1.70. The van der Waals surface area contributed by atoms with Crippen LogP contribution in [0.5, 0.6) is 0 Å². The predicted molar refractivity (Wildman–Crippen MR) is 61.4 cm³/mol. The minimum Gasteiger partial charge on any atom is -0.305 e. The monoisotopic (exact) mass is 231 g/mol. The highest BCUT2D eigenvalue weighted by atomic mass is 32.1. The standard InChI is InChI=1S/C11H9N3OS/c1-8-2-3-9(6-12)11(15)14(8)7-10-13-4-5-16-10/h2-5H,7H2,1H3. The van der Waals surface area contributed by atoms with Crippen molar-refractivity contribution in [2.45, 2.75) is 13.5 Å². The van der Waals surface area contributed by atoms with Gasteiger partial charge in [0.1, 0.15) is 16.6 Å². The van der Waals surface area contributed by atoms with Gasteiger partial charge >= 0.3 is 0 Å². The first kappa shape index (κ1) is 10.6. The molecule has 0 saturated heterocycles. The highest BCUT2D eigenvalue weighted by Gasteiger charge is 2.07. The molecule has 0 atom stereocenters. The van der Waals surface area contributed by atoms with Gasteiger partial charge in [-0.3, -0.25) is 4.79 Å². The maximum absolute atomic E-state index is 11.9. The molecule has 0 fully saturated rings. The normalized spacial score (nSPS) is 10.0. The van der Waals surface area contributed by atoms with Crippen LogP contribution in [-0.2, 0) is 6.54 Å².